The second-order valence-corrected chi connectivity index (χ2v) is 7.03. The van der Waals surface area contributed by atoms with E-state index < -0.39 is 0 Å². The molecule has 3 aliphatic rings. The SMILES string of the molecule is CO[C@H]1C[C@H](OCCC2CC(CCOC3CCC3)C2)C1. The molecule has 0 atom stereocenters. The third kappa shape index (κ3) is 3.96. The van der Waals surface area contributed by atoms with Crippen molar-refractivity contribution >= 4 is 0 Å². The van der Waals surface area contributed by atoms with Crippen LogP contribution in [0.15, 0.2) is 0 Å². The van der Waals surface area contributed by atoms with Gasteiger partial charge in [-0.25, -0.2) is 0 Å². The molecule has 3 aliphatic carbocycles. The minimum absolute atomic E-state index is 0.462. The molecule has 0 aromatic carbocycles. The van der Waals surface area contributed by atoms with Gasteiger partial charge in [-0.15, -0.1) is 0 Å². The summed E-state index contributed by atoms with van der Waals surface area (Å²) < 4.78 is 17.0. The zero-order valence-electron chi connectivity index (χ0n) is 12.9. The molecule has 0 amide bonds. The lowest BCUT2D eigenvalue weighted by Gasteiger charge is -2.38. The van der Waals surface area contributed by atoms with E-state index in [2.05, 4.69) is 0 Å². The summed E-state index contributed by atoms with van der Waals surface area (Å²) in [6.45, 7) is 1.95. The number of hydrogen-bond acceptors (Lipinski definition) is 3. The lowest BCUT2D eigenvalue weighted by molar-refractivity contribution is -0.0915. The molecular weight excluding hydrogens is 252 g/mol. The summed E-state index contributed by atoms with van der Waals surface area (Å²) >= 11 is 0. The van der Waals surface area contributed by atoms with Gasteiger partial charge in [0.05, 0.1) is 18.3 Å². The first-order valence-corrected chi connectivity index (χ1v) is 8.59. The predicted octanol–water partition coefficient (Wildman–Crippen LogP) is 3.56. The summed E-state index contributed by atoms with van der Waals surface area (Å²) in [6, 6.07) is 0. The van der Waals surface area contributed by atoms with Crippen molar-refractivity contribution in [2.24, 2.45) is 11.8 Å². The van der Waals surface area contributed by atoms with Crippen LogP contribution in [0.5, 0.6) is 0 Å². The normalized spacial score (nSPS) is 37.0. The van der Waals surface area contributed by atoms with Crippen molar-refractivity contribution in [3.8, 4) is 0 Å². The fraction of sp³-hybridized carbons (Fsp3) is 1.00. The first-order valence-electron chi connectivity index (χ1n) is 8.59. The summed E-state index contributed by atoms with van der Waals surface area (Å²) in [7, 11) is 1.80. The van der Waals surface area contributed by atoms with Crippen LogP contribution in [0.25, 0.3) is 0 Å². The minimum Gasteiger partial charge on any atom is -0.381 e. The molecule has 0 unspecified atom stereocenters. The summed E-state index contributed by atoms with van der Waals surface area (Å²) in [5.41, 5.74) is 0. The number of ether oxygens (including phenoxy) is 3. The molecule has 0 bridgehead atoms. The molecule has 0 spiro atoms. The van der Waals surface area contributed by atoms with E-state index in [9.17, 15) is 0 Å². The van der Waals surface area contributed by atoms with Crippen LogP contribution in [0.2, 0.25) is 0 Å². The van der Waals surface area contributed by atoms with Crippen molar-refractivity contribution in [1.82, 2.24) is 0 Å². The molecule has 0 aromatic heterocycles. The van der Waals surface area contributed by atoms with Gasteiger partial charge in [0.1, 0.15) is 0 Å². The Balaban J connectivity index is 1.13. The lowest BCUT2D eigenvalue weighted by atomic mass is 9.72. The molecule has 0 N–H and O–H groups in total. The highest BCUT2D eigenvalue weighted by atomic mass is 16.5. The average molecular weight is 282 g/mol. The van der Waals surface area contributed by atoms with Crippen LogP contribution >= 0.6 is 0 Å². The molecule has 0 aliphatic heterocycles. The summed E-state index contributed by atoms with van der Waals surface area (Å²) in [6.07, 6.45) is 13.1. The number of methoxy groups -OCH3 is 1. The third-order valence-electron chi connectivity index (χ3n) is 5.53. The second kappa shape index (κ2) is 7.24. The molecule has 0 saturated heterocycles. The first-order chi connectivity index (χ1) is 9.83. The molecule has 3 nitrogen and oxygen atoms in total. The van der Waals surface area contributed by atoms with Crippen molar-refractivity contribution < 1.29 is 14.2 Å². The van der Waals surface area contributed by atoms with E-state index >= 15 is 0 Å². The maximum atomic E-state index is 5.88. The maximum absolute atomic E-state index is 5.88. The summed E-state index contributed by atoms with van der Waals surface area (Å²) in [4.78, 5) is 0. The Morgan fingerprint density at radius 1 is 0.750 bits per heavy atom. The van der Waals surface area contributed by atoms with E-state index in [1.807, 2.05) is 0 Å². The fourth-order valence-electron chi connectivity index (χ4n) is 3.53. The smallest absolute Gasteiger partial charge is 0.0624 e. The minimum atomic E-state index is 0.462. The van der Waals surface area contributed by atoms with Gasteiger partial charge < -0.3 is 14.2 Å². The highest BCUT2D eigenvalue weighted by Gasteiger charge is 2.32. The highest BCUT2D eigenvalue weighted by molar-refractivity contribution is 4.82. The zero-order valence-corrected chi connectivity index (χ0v) is 12.9. The van der Waals surface area contributed by atoms with Gasteiger partial charge in [0, 0.05) is 20.3 Å². The standard InChI is InChI=1S/C17H30O3/c1-18-16-11-17(12-16)20-8-6-14-9-13(10-14)5-7-19-15-3-2-4-15/h13-17H,2-12H2,1H3/t13?,14?,16-,17-. The van der Waals surface area contributed by atoms with Gasteiger partial charge in [-0.1, -0.05) is 0 Å². The Kier molecular flexibility index (Phi) is 5.36. The molecular formula is C17H30O3. The zero-order chi connectivity index (χ0) is 13.8. The van der Waals surface area contributed by atoms with Crippen LogP contribution in [0.4, 0.5) is 0 Å². The van der Waals surface area contributed by atoms with Crippen LogP contribution in [0.3, 0.4) is 0 Å². The molecule has 0 heterocycles. The van der Waals surface area contributed by atoms with E-state index in [-0.39, 0.29) is 0 Å². The number of rotatable bonds is 9. The van der Waals surface area contributed by atoms with Crippen LogP contribution in [-0.2, 0) is 14.2 Å². The fourth-order valence-corrected chi connectivity index (χ4v) is 3.53. The van der Waals surface area contributed by atoms with Crippen LogP contribution in [0, 0.1) is 11.8 Å². The molecule has 0 radical (unpaired) electrons. The largest absolute Gasteiger partial charge is 0.381 e. The van der Waals surface area contributed by atoms with Gasteiger partial charge in [-0.3, -0.25) is 0 Å². The van der Waals surface area contributed by atoms with E-state index in [1.54, 1.807) is 7.11 Å². The average Bonchev–Trinajstić information content (AvgIpc) is 2.29. The Bertz CT molecular complexity index is 278. The molecule has 3 rings (SSSR count). The van der Waals surface area contributed by atoms with Crippen molar-refractivity contribution in [2.75, 3.05) is 20.3 Å². The molecule has 0 aromatic rings. The molecule has 3 saturated carbocycles. The van der Waals surface area contributed by atoms with Crippen LogP contribution in [0.1, 0.15) is 57.8 Å². The maximum Gasteiger partial charge on any atom is 0.0624 e. The van der Waals surface area contributed by atoms with Crippen molar-refractivity contribution in [1.29, 1.82) is 0 Å². The summed E-state index contributed by atoms with van der Waals surface area (Å²) in [5.74, 6) is 1.85. The molecule has 3 fully saturated rings. The van der Waals surface area contributed by atoms with Gasteiger partial charge in [-0.05, 0) is 69.6 Å². The monoisotopic (exact) mass is 282 g/mol. The van der Waals surface area contributed by atoms with E-state index in [0.717, 1.165) is 37.9 Å². The Morgan fingerprint density at radius 3 is 1.85 bits per heavy atom. The lowest BCUT2D eigenvalue weighted by Crippen LogP contribution is -2.37. The summed E-state index contributed by atoms with van der Waals surface area (Å²) in [5, 5.41) is 0. The molecule has 20 heavy (non-hydrogen) atoms. The highest BCUT2D eigenvalue weighted by Crippen LogP contribution is 2.39. The van der Waals surface area contributed by atoms with Crippen LogP contribution in [-0.4, -0.2) is 38.6 Å². The van der Waals surface area contributed by atoms with Gasteiger partial charge in [0.25, 0.3) is 0 Å². The van der Waals surface area contributed by atoms with Crippen molar-refractivity contribution in [2.45, 2.75) is 76.1 Å². The van der Waals surface area contributed by atoms with Gasteiger partial charge >= 0.3 is 0 Å². The Labute approximate surface area is 123 Å². The van der Waals surface area contributed by atoms with Gasteiger partial charge in [0.15, 0.2) is 0 Å². The number of hydrogen-bond donors (Lipinski definition) is 0. The van der Waals surface area contributed by atoms with E-state index in [0.29, 0.717) is 18.3 Å². The third-order valence-corrected chi connectivity index (χ3v) is 5.53. The van der Waals surface area contributed by atoms with E-state index in [4.69, 9.17) is 14.2 Å². The molecule has 3 heteroatoms. The quantitative estimate of drug-likeness (QED) is 0.647. The van der Waals surface area contributed by atoms with Gasteiger partial charge in [-0.2, -0.15) is 0 Å². The second-order valence-electron chi connectivity index (χ2n) is 7.03. The van der Waals surface area contributed by atoms with Gasteiger partial charge in [0.2, 0.25) is 0 Å². The van der Waals surface area contributed by atoms with Crippen molar-refractivity contribution in [3.63, 3.8) is 0 Å². The van der Waals surface area contributed by atoms with Crippen molar-refractivity contribution in [3.05, 3.63) is 0 Å². The topological polar surface area (TPSA) is 27.7 Å². The first kappa shape index (κ1) is 14.8. The Morgan fingerprint density at radius 2 is 1.35 bits per heavy atom. The Hall–Kier alpha value is -0.120. The van der Waals surface area contributed by atoms with Crippen LogP contribution < -0.4 is 0 Å². The van der Waals surface area contributed by atoms with E-state index in [1.165, 1.54) is 44.9 Å². The molecule has 116 valence electrons. The predicted molar refractivity (Wildman–Crippen MR) is 78.8 cm³/mol.